The zero-order valence-electron chi connectivity index (χ0n) is 9.12. The van der Waals surface area contributed by atoms with E-state index in [1.165, 1.54) is 26.4 Å². The quantitative estimate of drug-likeness (QED) is 0.505. The summed E-state index contributed by atoms with van der Waals surface area (Å²) in [5.41, 5.74) is 4.97. The Morgan fingerprint density at radius 1 is 1.29 bits per heavy atom. The van der Waals surface area contributed by atoms with Gasteiger partial charge in [-0.25, -0.2) is 0 Å². The van der Waals surface area contributed by atoms with Crippen LogP contribution in [0.25, 0.3) is 0 Å². The lowest BCUT2D eigenvalue weighted by Crippen LogP contribution is -2.09. The molecule has 0 rings (SSSR count). The normalized spacial score (nSPS) is 8.43. The highest BCUT2D eigenvalue weighted by molar-refractivity contribution is 5.73. The lowest BCUT2D eigenvalue weighted by atomic mass is 10.1. The Morgan fingerprint density at radius 3 is 2.14 bits per heavy atom. The molecular formula is C10H21NO3. The fourth-order valence-corrected chi connectivity index (χ4v) is 0.903. The minimum absolute atomic E-state index is 0.170. The molecule has 0 aliphatic carbocycles. The first-order chi connectivity index (χ1) is 6.68. The third kappa shape index (κ3) is 22.4. The lowest BCUT2D eigenvalue weighted by Gasteiger charge is -1.95. The second-order valence-corrected chi connectivity index (χ2v) is 2.96. The first kappa shape index (κ1) is 15.4. The third-order valence-corrected chi connectivity index (χ3v) is 1.62. The Bertz CT molecular complexity index is 137. The number of primary amides is 1. The second-order valence-electron chi connectivity index (χ2n) is 2.96. The van der Waals surface area contributed by atoms with Crippen LogP contribution in [0.1, 0.15) is 45.4 Å². The van der Waals surface area contributed by atoms with Gasteiger partial charge < -0.3 is 10.5 Å². The van der Waals surface area contributed by atoms with Crippen LogP contribution in [0.4, 0.5) is 0 Å². The third-order valence-electron chi connectivity index (χ3n) is 1.62. The maximum atomic E-state index is 10.3. The molecule has 2 N–H and O–H groups in total. The zero-order valence-corrected chi connectivity index (χ0v) is 9.12. The molecule has 4 nitrogen and oxygen atoms in total. The van der Waals surface area contributed by atoms with Gasteiger partial charge in [0.2, 0.25) is 5.91 Å². The summed E-state index contributed by atoms with van der Waals surface area (Å²) >= 11 is 0. The van der Waals surface area contributed by atoms with Gasteiger partial charge in [0.05, 0.1) is 7.11 Å². The molecule has 0 aromatic carbocycles. The number of rotatable bonds is 7. The van der Waals surface area contributed by atoms with Crippen LogP contribution < -0.4 is 5.73 Å². The van der Waals surface area contributed by atoms with Crippen LogP contribution in [0.2, 0.25) is 0 Å². The Kier molecular flexibility index (Phi) is 15.9. The van der Waals surface area contributed by atoms with Gasteiger partial charge in [0, 0.05) is 6.42 Å². The molecule has 84 valence electrons. The average molecular weight is 203 g/mol. The summed E-state index contributed by atoms with van der Waals surface area (Å²) < 4.78 is 3.86. The summed E-state index contributed by atoms with van der Waals surface area (Å²) in [5, 5.41) is 0. The summed E-state index contributed by atoms with van der Waals surface area (Å²) in [6.45, 7) is 2.55. The van der Waals surface area contributed by atoms with Gasteiger partial charge >= 0.3 is 0 Å². The summed E-state index contributed by atoms with van der Waals surface area (Å²) in [5.74, 6) is -0.170. The van der Waals surface area contributed by atoms with Crippen molar-refractivity contribution in [3.05, 3.63) is 0 Å². The maximum Gasteiger partial charge on any atom is 0.292 e. The fraction of sp³-hybridized carbons (Fsp3) is 0.800. The van der Waals surface area contributed by atoms with Crippen LogP contribution in [0.5, 0.6) is 0 Å². The number of carbonyl (C=O) groups is 2. The van der Waals surface area contributed by atoms with Gasteiger partial charge in [-0.05, 0) is 6.42 Å². The largest absolute Gasteiger partial charge is 0.471 e. The number of unbranched alkanes of at least 4 members (excludes halogenated alkanes) is 4. The first-order valence-electron chi connectivity index (χ1n) is 4.93. The van der Waals surface area contributed by atoms with E-state index in [9.17, 15) is 4.79 Å². The molecule has 0 aliphatic rings. The highest BCUT2D eigenvalue weighted by Crippen LogP contribution is 2.03. The summed E-state index contributed by atoms with van der Waals surface area (Å²) in [4.78, 5) is 19.2. The van der Waals surface area contributed by atoms with Crippen LogP contribution >= 0.6 is 0 Å². The van der Waals surface area contributed by atoms with Crippen molar-refractivity contribution in [2.75, 3.05) is 7.11 Å². The fourth-order valence-electron chi connectivity index (χ4n) is 0.903. The SMILES string of the molecule is CCCCCCCC(N)=O.COC=O. The van der Waals surface area contributed by atoms with Gasteiger partial charge in [-0.3, -0.25) is 9.59 Å². The smallest absolute Gasteiger partial charge is 0.292 e. The van der Waals surface area contributed by atoms with Crippen LogP contribution in [-0.4, -0.2) is 19.5 Å². The standard InChI is InChI=1S/C8H17NO.C2H4O2/c1-2-3-4-5-6-7-8(9)10;1-4-2-3/h2-7H2,1H3,(H2,9,10);2H,1H3. The number of hydrogen-bond acceptors (Lipinski definition) is 3. The molecule has 0 spiro atoms. The van der Waals surface area contributed by atoms with E-state index >= 15 is 0 Å². The number of nitrogens with two attached hydrogens (primary N) is 1. The zero-order chi connectivity index (χ0) is 11.2. The molecule has 4 heteroatoms. The molecule has 0 saturated carbocycles. The Morgan fingerprint density at radius 2 is 1.79 bits per heavy atom. The van der Waals surface area contributed by atoms with Gasteiger partial charge in [-0.15, -0.1) is 0 Å². The summed E-state index contributed by atoms with van der Waals surface area (Å²) in [6, 6.07) is 0. The van der Waals surface area contributed by atoms with Crippen molar-refractivity contribution >= 4 is 12.4 Å². The molecule has 0 bridgehead atoms. The summed E-state index contributed by atoms with van der Waals surface area (Å²) in [7, 11) is 1.31. The predicted octanol–water partition coefficient (Wildman–Crippen LogP) is 1.62. The van der Waals surface area contributed by atoms with Gasteiger partial charge in [-0.2, -0.15) is 0 Å². The van der Waals surface area contributed by atoms with Crippen molar-refractivity contribution in [1.29, 1.82) is 0 Å². The summed E-state index contributed by atoms with van der Waals surface area (Å²) in [6.07, 6.45) is 6.44. The van der Waals surface area contributed by atoms with Crippen molar-refractivity contribution in [3.8, 4) is 0 Å². The van der Waals surface area contributed by atoms with Crippen molar-refractivity contribution < 1.29 is 14.3 Å². The number of methoxy groups -OCH3 is 1. The van der Waals surface area contributed by atoms with Crippen LogP contribution in [0, 0.1) is 0 Å². The molecule has 0 aromatic heterocycles. The van der Waals surface area contributed by atoms with Gasteiger partial charge in [0.1, 0.15) is 0 Å². The van der Waals surface area contributed by atoms with E-state index in [1.54, 1.807) is 0 Å². The van der Waals surface area contributed by atoms with Crippen molar-refractivity contribution in [2.24, 2.45) is 5.73 Å². The molecule has 0 unspecified atom stereocenters. The molecular weight excluding hydrogens is 182 g/mol. The van der Waals surface area contributed by atoms with Crippen LogP contribution in [-0.2, 0) is 14.3 Å². The van der Waals surface area contributed by atoms with E-state index in [0.717, 1.165) is 12.8 Å². The van der Waals surface area contributed by atoms with Crippen LogP contribution in [0.15, 0.2) is 0 Å². The van der Waals surface area contributed by atoms with E-state index in [4.69, 9.17) is 10.5 Å². The Labute approximate surface area is 85.8 Å². The highest BCUT2D eigenvalue weighted by atomic mass is 16.5. The van der Waals surface area contributed by atoms with E-state index in [0.29, 0.717) is 12.9 Å². The van der Waals surface area contributed by atoms with Crippen LogP contribution in [0.3, 0.4) is 0 Å². The number of hydrogen-bond donors (Lipinski definition) is 1. The van der Waals surface area contributed by atoms with Gasteiger partial charge in [0.15, 0.2) is 0 Å². The van der Waals surface area contributed by atoms with Gasteiger partial charge in [0.25, 0.3) is 6.47 Å². The highest BCUT2D eigenvalue weighted by Gasteiger charge is 1.92. The Balaban J connectivity index is 0. The minimum atomic E-state index is -0.170. The molecule has 0 fully saturated rings. The van der Waals surface area contributed by atoms with E-state index in [1.807, 2.05) is 0 Å². The molecule has 0 aromatic rings. The monoisotopic (exact) mass is 203 g/mol. The lowest BCUT2D eigenvalue weighted by molar-refractivity contribution is -0.126. The minimum Gasteiger partial charge on any atom is -0.471 e. The molecule has 0 atom stereocenters. The number of ether oxygens (including phenoxy) is 1. The van der Waals surface area contributed by atoms with Crippen molar-refractivity contribution in [1.82, 2.24) is 0 Å². The number of carbonyl (C=O) groups excluding carboxylic acids is 2. The molecule has 1 amide bonds. The average Bonchev–Trinajstić information content (AvgIpc) is 2.18. The molecule has 0 heterocycles. The molecule has 0 aliphatic heterocycles. The predicted molar refractivity (Wildman–Crippen MR) is 55.6 cm³/mol. The van der Waals surface area contributed by atoms with E-state index in [-0.39, 0.29) is 5.91 Å². The molecule has 0 radical (unpaired) electrons. The van der Waals surface area contributed by atoms with E-state index < -0.39 is 0 Å². The van der Waals surface area contributed by atoms with Gasteiger partial charge in [-0.1, -0.05) is 32.6 Å². The maximum absolute atomic E-state index is 10.3. The molecule has 0 saturated heterocycles. The first-order valence-corrected chi connectivity index (χ1v) is 4.93. The van der Waals surface area contributed by atoms with E-state index in [2.05, 4.69) is 11.7 Å². The second kappa shape index (κ2) is 14.5. The molecule has 14 heavy (non-hydrogen) atoms. The van der Waals surface area contributed by atoms with Crippen molar-refractivity contribution in [2.45, 2.75) is 45.4 Å². The topological polar surface area (TPSA) is 69.4 Å². The Hall–Kier alpha value is -1.06. The van der Waals surface area contributed by atoms with Crippen molar-refractivity contribution in [3.63, 3.8) is 0 Å². The number of amides is 1.